The van der Waals surface area contributed by atoms with Crippen LogP contribution in [0.4, 0.5) is 0 Å². The Labute approximate surface area is 128 Å². The minimum atomic E-state index is -0.744. The highest BCUT2D eigenvalue weighted by atomic mass is 16.6. The fraction of sp³-hybridized carbons (Fsp3) is 0.235. The van der Waals surface area contributed by atoms with Crippen molar-refractivity contribution in [2.45, 2.75) is 6.10 Å². The second-order valence-corrected chi connectivity index (χ2v) is 4.57. The lowest BCUT2D eigenvalue weighted by molar-refractivity contribution is -0.146. The number of methoxy groups -OCH3 is 1. The lowest BCUT2D eigenvalue weighted by atomic mass is 10.1. The van der Waals surface area contributed by atoms with Gasteiger partial charge < -0.3 is 19.3 Å². The van der Waals surface area contributed by atoms with Crippen molar-refractivity contribution < 1.29 is 24.1 Å². The highest BCUT2D eigenvalue weighted by molar-refractivity contribution is 5.93. The zero-order valence-corrected chi connectivity index (χ0v) is 12.3. The predicted octanol–water partition coefficient (Wildman–Crippen LogP) is 2.32. The van der Waals surface area contributed by atoms with E-state index in [0.717, 1.165) is 22.6 Å². The molecule has 0 aromatic heterocycles. The molecule has 0 aliphatic rings. The summed E-state index contributed by atoms with van der Waals surface area (Å²) in [7, 11) is 1.61. The number of esters is 1. The van der Waals surface area contributed by atoms with Crippen molar-refractivity contribution in [3.05, 3.63) is 49.1 Å². The number of aliphatic hydroxyl groups is 1. The third-order valence-electron chi connectivity index (χ3n) is 3.14. The number of benzene rings is 2. The van der Waals surface area contributed by atoms with Gasteiger partial charge in [-0.3, -0.25) is 0 Å². The number of carbonyl (C=O) groups is 1. The molecule has 0 fully saturated rings. The maximum Gasteiger partial charge on any atom is 0.330 e. The SMILES string of the molecule is C=CC(=O)OC(CO)COc1ccc(OC)c2ccccc12. The molecular weight excluding hydrogens is 284 g/mol. The van der Waals surface area contributed by atoms with Crippen molar-refractivity contribution >= 4 is 16.7 Å². The number of aliphatic hydroxyl groups excluding tert-OH is 1. The van der Waals surface area contributed by atoms with Gasteiger partial charge in [0.1, 0.15) is 18.1 Å². The largest absolute Gasteiger partial charge is 0.496 e. The van der Waals surface area contributed by atoms with Crippen LogP contribution in [0.3, 0.4) is 0 Å². The predicted molar refractivity (Wildman–Crippen MR) is 83.2 cm³/mol. The van der Waals surface area contributed by atoms with E-state index in [1.165, 1.54) is 0 Å². The van der Waals surface area contributed by atoms with Crippen LogP contribution in [0, 0.1) is 0 Å². The zero-order valence-electron chi connectivity index (χ0n) is 12.3. The van der Waals surface area contributed by atoms with Gasteiger partial charge in [0.2, 0.25) is 0 Å². The smallest absolute Gasteiger partial charge is 0.330 e. The highest BCUT2D eigenvalue weighted by Crippen LogP contribution is 2.32. The van der Waals surface area contributed by atoms with Crippen molar-refractivity contribution in [1.82, 2.24) is 0 Å². The van der Waals surface area contributed by atoms with Gasteiger partial charge >= 0.3 is 5.97 Å². The van der Waals surface area contributed by atoms with E-state index >= 15 is 0 Å². The second kappa shape index (κ2) is 7.47. The van der Waals surface area contributed by atoms with Gasteiger partial charge in [-0.2, -0.15) is 0 Å². The Hall–Kier alpha value is -2.53. The summed E-state index contributed by atoms with van der Waals surface area (Å²) >= 11 is 0. The monoisotopic (exact) mass is 302 g/mol. The maximum atomic E-state index is 11.2. The second-order valence-electron chi connectivity index (χ2n) is 4.57. The molecule has 2 rings (SSSR count). The summed E-state index contributed by atoms with van der Waals surface area (Å²) in [5, 5.41) is 11.0. The minimum Gasteiger partial charge on any atom is -0.496 e. The average molecular weight is 302 g/mol. The van der Waals surface area contributed by atoms with Crippen molar-refractivity contribution in [1.29, 1.82) is 0 Å². The summed E-state index contributed by atoms with van der Waals surface area (Å²) < 4.78 is 16.0. The van der Waals surface area contributed by atoms with E-state index in [0.29, 0.717) is 5.75 Å². The van der Waals surface area contributed by atoms with E-state index in [1.54, 1.807) is 19.2 Å². The molecule has 1 N–H and O–H groups in total. The molecule has 0 aliphatic heterocycles. The van der Waals surface area contributed by atoms with Crippen LogP contribution in [0.2, 0.25) is 0 Å². The summed E-state index contributed by atoms with van der Waals surface area (Å²) in [5.41, 5.74) is 0. The summed E-state index contributed by atoms with van der Waals surface area (Å²) in [5.74, 6) is 0.784. The van der Waals surface area contributed by atoms with Crippen molar-refractivity contribution in [2.75, 3.05) is 20.3 Å². The van der Waals surface area contributed by atoms with Crippen LogP contribution in [0.25, 0.3) is 10.8 Å². The summed E-state index contributed by atoms with van der Waals surface area (Å²) in [6.45, 7) is 3.04. The van der Waals surface area contributed by atoms with E-state index in [-0.39, 0.29) is 13.2 Å². The van der Waals surface area contributed by atoms with Gasteiger partial charge in [-0.15, -0.1) is 0 Å². The molecule has 5 nitrogen and oxygen atoms in total. The molecule has 5 heteroatoms. The molecule has 0 amide bonds. The number of hydrogen-bond donors (Lipinski definition) is 1. The normalized spacial score (nSPS) is 11.7. The highest BCUT2D eigenvalue weighted by Gasteiger charge is 2.14. The summed E-state index contributed by atoms with van der Waals surface area (Å²) in [4.78, 5) is 11.2. The van der Waals surface area contributed by atoms with Crippen molar-refractivity contribution in [2.24, 2.45) is 0 Å². The van der Waals surface area contributed by atoms with Crippen LogP contribution in [0.15, 0.2) is 49.1 Å². The molecule has 0 bridgehead atoms. The Morgan fingerprint density at radius 2 is 1.86 bits per heavy atom. The van der Waals surface area contributed by atoms with E-state index in [4.69, 9.17) is 14.2 Å². The van der Waals surface area contributed by atoms with Gasteiger partial charge in [-0.05, 0) is 12.1 Å². The van der Waals surface area contributed by atoms with Crippen LogP contribution in [-0.4, -0.2) is 37.5 Å². The van der Waals surface area contributed by atoms with Crippen LogP contribution in [-0.2, 0) is 9.53 Å². The van der Waals surface area contributed by atoms with Crippen LogP contribution in [0.5, 0.6) is 11.5 Å². The standard InChI is InChI=1S/C17H18O5/c1-3-17(19)22-12(10-18)11-21-16-9-8-15(20-2)13-6-4-5-7-14(13)16/h3-9,12,18H,1,10-11H2,2H3. The maximum absolute atomic E-state index is 11.2. The van der Waals surface area contributed by atoms with E-state index in [1.807, 2.05) is 24.3 Å². The Bertz CT molecular complexity index is 665. The summed E-state index contributed by atoms with van der Waals surface area (Å²) in [6.07, 6.45) is 0.303. The van der Waals surface area contributed by atoms with Crippen molar-refractivity contribution in [3.8, 4) is 11.5 Å². The van der Waals surface area contributed by atoms with Gasteiger partial charge in [-0.25, -0.2) is 4.79 Å². The van der Waals surface area contributed by atoms with Gasteiger partial charge in [0.25, 0.3) is 0 Å². The van der Waals surface area contributed by atoms with E-state index in [9.17, 15) is 9.90 Å². The Kier molecular flexibility index (Phi) is 5.38. The third kappa shape index (κ3) is 3.56. The molecule has 0 radical (unpaired) electrons. The molecule has 0 aliphatic carbocycles. The van der Waals surface area contributed by atoms with E-state index < -0.39 is 12.1 Å². The molecule has 1 unspecified atom stereocenters. The number of hydrogen-bond acceptors (Lipinski definition) is 5. The van der Waals surface area contributed by atoms with Gasteiger partial charge in [-0.1, -0.05) is 30.8 Å². The Morgan fingerprint density at radius 3 is 2.45 bits per heavy atom. The minimum absolute atomic E-state index is 0.0480. The first-order chi connectivity index (χ1) is 10.7. The Balaban J connectivity index is 2.18. The van der Waals surface area contributed by atoms with E-state index in [2.05, 4.69) is 6.58 Å². The summed E-state index contributed by atoms with van der Waals surface area (Å²) in [6, 6.07) is 11.2. The molecule has 0 spiro atoms. The molecule has 0 saturated heterocycles. The van der Waals surface area contributed by atoms with Gasteiger partial charge in [0.15, 0.2) is 6.10 Å². The number of carbonyl (C=O) groups excluding carboxylic acids is 1. The Morgan fingerprint density at radius 1 is 1.23 bits per heavy atom. The first-order valence-corrected chi connectivity index (χ1v) is 6.82. The first kappa shape index (κ1) is 15.9. The number of fused-ring (bicyclic) bond motifs is 1. The van der Waals surface area contributed by atoms with Crippen LogP contribution in [0.1, 0.15) is 0 Å². The first-order valence-electron chi connectivity index (χ1n) is 6.82. The molecule has 0 heterocycles. The lowest BCUT2D eigenvalue weighted by Gasteiger charge is -2.17. The quantitative estimate of drug-likeness (QED) is 0.628. The third-order valence-corrected chi connectivity index (χ3v) is 3.14. The number of rotatable bonds is 7. The van der Waals surface area contributed by atoms with Crippen LogP contribution < -0.4 is 9.47 Å². The van der Waals surface area contributed by atoms with Crippen LogP contribution >= 0.6 is 0 Å². The van der Waals surface area contributed by atoms with Crippen molar-refractivity contribution in [3.63, 3.8) is 0 Å². The molecule has 116 valence electrons. The molecule has 22 heavy (non-hydrogen) atoms. The molecule has 0 saturated carbocycles. The average Bonchev–Trinajstić information content (AvgIpc) is 2.57. The molecule has 1 atom stereocenters. The van der Waals surface area contributed by atoms with Gasteiger partial charge in [0.05, 0.1) is 13.7 Å². The fourth-order valence-electron chi connectivity index (χ4n) is 2.07. The molecule has 2 aromatic rings. The molecular formula is C17H18O5. The fourth-order valence-corrected chi connectivity index (χ4v) is 2.07. The molecule has 2 aromatic carbocycles. The van der Waals surface area contributed by atoms with Gasteiger partial charge in [0, 0.05) is 16.8 Å². The zero-order chi connectivity index (χ0) is 15.9. The number of ether oxygens (including phenoxy) is 3. The lowest BCUT2D eigenvalue weighted by Crippen LogP contribution is -2.27. The topological polar surface area (TPSA) is 65.0 Å².